The van der Waals surface area contributed by atoms with Crippen molar-refractivity contribution in [2.75, 3.05) is 0 Å². The Bertz CT molecular complexity index is 812. The molecule has 1 aromatic heterocycles. The van der Waals surface area contributed by atoms with Crippen LogP contribution in [0.15, 0.2) is 46.9 Å². The standard InChI is InChI=1S/C15H10BrN3/c1-19-14-7-10(9-17)5-6-13(14)18-15(19)11-3-2-4-12(16)8-11/h2-8H,1H3. The summed E-state index contributed by atoms with van der Waals surface area (Å²) in [6.45, 7) is 0. The van der Waals surface area contributed by atoms with E-state index < -0.39 is 0 Å². The third kappa shape index (κ3) is 2.02. The summed E-state index contributed by atoms with van der Waals surface area (Å²) in [6.07, 6.45) is 0. The molecule has 0 aliphatic carbocycles. The summed E-state index contributed by atoms with van der Waals surface area (Å²) in [7, 11) is 1.97. The number of imidazole rings is 1. The van der Waals surface area contributed by atoms with Gasteiger partial charge in [0.25, 0.3) is 0 Å². The zero-order valence-electron chi connectivity index (χ0n) is 10.3. The van der Waals surface area contributed by atoms with Crippen molar-refractivity contribution in [3.63, 3.8) is 0 Å². The number of fused-ring (bicyclic) bond motifs is 1. The Balaban J connectivity index is 2.26. The molecule has 0 N–H and O–H groups in total. The summed E-state index contributed by atoms with van der Waals surface area (Å²) in [6, 6.07) is 15.7. The van der Waals surface area contributed by atoms with Gasteiger partial charge in [-0.05, 0) is 30.3 Å². The first-order valence-electron chi connectivity index (χ1n) is 5.81. The predicted molar refractivity (Wildman–Crippen MR) is 78.6 cm³/mol. The monoisotopic (exact) mass is 311 g/mol. The largest absolute Gasteiger partial charge is 0.327 e. The number of aromatic nitrogens is 2. The van der Waals surface area contributed by atoms with Gasteiger partial charge in [-0.3, -0.25) is 0 Å². The van der Waals surface area contributed by atoms with Crippen LogP contribution in [0, 0.1) is 11.3 Å². The number of benzene rings is 2. The van der Waals surface area contributed by atoms with Crippen LogP contribution >= 0.6 is 15.9 Å². The van der Waals surface area contributed by atoms with E-state index in [1.165, 1.54) is 0 Å². The van der Waals surface area contributed by atoms with Gasteiger partial charge in [-0.1, -0.05) is 28.1 Å². The van der Waals surface area contributed by atoms with E-state index in [9.17, 15) is 0 Å². The second kappa shape index (κ2) is 4.52. The third-order valence-corrected chi connectivity index (χ3v) is 3.59. The number of hydrogen-bond acceptors (Lipinski definition) is 2. The Labute approximate surface area is 119 Å². The van der Waals surface area contributed by atoms with Crippen LogP contribution in [0.4, 0.5) is 0 Å². The van der Waals surface area contributed by atoms with Gasteiger partial charge in [0, 0.05) is 17.1 Å². The van der Waals surface area contributed by atoms with Gasteiger partial charge in [-0.25, -0.2) is 4.98 Å². The van der Waals surface area contributed by atoms with E-state index in [0.717, 1.165) is 26.9 Å². The molecule has 3 rings (SSSR count). The molecule has 92 valence electrons. The molecule has 0 aliphatic heterocycles. The van der Waals surface area contributed by atoms with Crippen molar-refractivity contribution >= 4 is 27.0 Å². The molecule has 0 aliphatic rings. The summed E-state index contributed by atoms with van der Waals surface area (Å²) >= 11 is 3.47. The van der Waals surface area contributed by atoms with Crippen molar-refractivity contribution in [1.29, 1.82) is 5.26 Å². The number of halogens is 1. The first-order valence-corrected chi connectivity index (χ1v) is 6.61. The highest BCUT2D eigenvalue weighted by Gasteiger charge is 2.10. The number of rotatable bonds is 1. The van der Waals surface area contributed by atoms with Crippen molar-refractivity contribution in [1.82, 2.24) is 9.55 Å². The molecule has 3 nitrogen and oxygen atoms in total. The van der Waals surface area contributed by atoms with Crippen LogP contribution in [-0.4, -0.2) is 9.55 Å². The van der Waals surface area contributed by atoms with E-state index in [4.69, 9.17) is 5.26 Å². The van der Waals surface area contributed by atoms with Crippen LogP contribution < -0.4 is 0 Å². The van der Waals surface area contributed by atoms with E-state index in [-0.39, 0.29) is 0 Å². The lowest BCUT2D eigenvalue weighted by atomic mass is 10.2. The molecule has 0 bridgehead atoms. The smallest absolute Gasteiger partial charge is 0.140 e. The summed E-state index contributed by atoms with van der Waals surface area (Å²) < 4.78 is 3.03. The lowest BCUT2D eigenvalue weighted by molar-refractivity contribution is 0.959. The molecule has 0 amide bonds. The normalized spacial score (nSPS) is 10.6. The van der Waals surface area contributed by atoms with Gasteiger partial charge >= 0.3 is 0 Å². The van der Waals surface area contributed by atoms with Gasteiger partial charge < -0.3 is 4.57 Å². The minimum Gasteiger partial charge on any atom is -0.327 e. The van der Waals surface area contributed by atoms with Gasteiger partial charge in [0.2, 0.25) is 0 Å². The maximum atomic E-state index is 8.96. The highest BCUT2D eigenvalue weighted by molar-refractivity contribution is 9.10. The molecular formula is C15H10BrN3. The van der Waals surface area contributed by atoms with Gasteiger partial charge in [0.05, 0.1) is 22.7 Å². The van der Waals surface area contributed by atoms with Crippen LogP contribution in [0.2, 0.25) is 0 Å². The maximum absolute atomic E-state index is 8.96. The molecule has 0 saturated heterocycles. The molecule has 0 atom stereocenters. The summed E-state index contributed by atoms with van der Waals surface area (Å²) in [5.41, 5.74) is 3.56. The Morgan fingerprint density at radius 3 is 2.79 bits per heavy atom. The fourth-order valence-electron chi connectivity index (χ4n) is 2.15. The van der Waals surface area contributed by atoms with Crippen LogP contribution in [0.5, 0.6) is 0 Å². The second-order valence-corrected chi connectivity index (χ2v) is 5.24. The lowest BCUT2D eigenvalue weighted by Gasteiger charge is -2.02. The first kappa shape index (κ1) is 11.9. The van der Waals surface area contributed by atoms with Crippen molar-refractivity contribution in [2.45, 2.75) is 0 Å². The van der Waals surface area contributed by atoms with E-state index in [1.807, 2.05) is 48.0 Å². The van der Waals surface area contributed by atoms with Crippen molar-refractivity contribution < 1.29 is 0 Å². The molecule has 0 saturated carbocycles. The summed E-state index contributed by atoms with van der Waals surface area (Å²) in [4.78, 5) is 4.63. The third-order valence-electron chi connectivity index (χ3n) is 3.09. The highest BCUT2D eigenvalue weighted by atomic mass is 79.9. The molecule has 0 radical (unpaired) electrons. The van der Waals surface area contributed by atoms with Crippen LogP contribution in [0.3, 0.4) is 0 Å². The maximum Gasteiger partial charge on any atom is 0.140 e. The van der Waals surface area contributed by atoms with Crippen molar-refractivity contribution in [3.05, 3.63) is 52.5 Å². The van der Waals surface area contributed by atoms with Crippen LogP contribution in [0.1, 0.15) is 5.56 Å². The van der Waals surface area contributed by atoms with Crippen molar-refractivity contribution in [3.8, 4) is 17.5 Å². The number of hydrogen-bond donors (Lipinski definition) is 0. The minimum absolute atomic E-state index is 0.649. The lowest BCUT2D eigenvalue weighted by Crippen LogP contribution is -1.92. The zero-order chi connectivity index (χ0) is 13.4. The quantitative estimate of drug-likeness (QED) is 0.684. The topological polar surface area (TPSA) is 41.6 Å². The van der Waals surface area contributed by atoms with Crippen molar-refractivity contribution in [2.24, 2.45) is 7.05 Å². The Morgan fingerprint density at radius 2 is 2.05 bits per heavy atom. The predicted octanol–water partition coefficient (Wildman–Crippen LogP) is 3.87. The number of nitrogens with zero attached hydrogens (tertiary/aromatic N) is 3. The van der Waals surface area contributed by atoms with Crippen LogP contribution in [0.25, 0.3) is 22.4 Å². The molecule has 0 unspecified atom stereocenters. The zero-order valence-corrected chi connectivity index (χ0v) is 11.8. The summed E-state index contributed by atoms with van der Waals surface area (Å²) in [5.74, 6) is 0.895. The van der Waals surface area contributed by atoms with Gasteiger partial charge in [-0.2, -0.15) is 5.26 Å². The Morgan fingerprint density at radius 1 is 1.21 bits per heavy atom. The molecule has 3 aromatic rings. The number of nitriles is 1. The highest BCUT2D eigenvalue weighted by Crippen LogP contribution is 2.26. The molecule has 4 heteroatoms. The average molecular weight is 312 g/mol. The fraction of sp³-hybridized carbons (Fsp3) is 0.0667. The molecule has 0 fully saturated rings. The SMILES string of the molecule is Cn1c(-c2cccc(Br)c2)nc2ccc(C#N)cc21. The van der Waals surface area contributed by atoms with Gasteiger partial charge in [-0.15, -0.1) is 0 Å². The first-order chi connectivity index (χ1) is 9.19. The van der Waals surface area contributed by atoms with Crippen LogP contribution in [-0.2, 0) is 7.05 Å². The molecule has 19 heavy (non-hydrogen) atoms. The fourth-order valence-corrected chi connectivity index (χ4v) is 2.54. The Hall–Kier alpha value is -2.12. The van der Waals surface area contributed by atoms with Gasteiger partial charge in [0.1, 0.15) is 5.82 Å². The summed E-state index contributed by atoms with van der Waals surface area (Å²) in [5, 5.41) is 8.96. The van der Waals surface area contributed by atoms with Gasteiger partial charge in [0.15, 0.2) is 0 Å². The van der Waals surface area contributed by atoms with E-state index in [1.54, 1.807) is 6.07 Å². The average Bonchev–Trinajstić information content (AvgIpc) is 2.76. The van der Waals surface area contributed by atoms with E-state index in [0.29, 0.717) is 5.56 Å². The molecule has 2 aromatic carbocycles. The minimum atomic E-state index is 0.649. The second-order valence-electron chi connectivity index (χ2n) is 4.32. The number of aryl methyl sites for hydroxylation is 1. The van der Waals surface area contributed by atoms with E-state index in [2.05, 4.69) is 27.0 Å². The van der Waals surface area contributed by atoms with E-state index >= 15 is 0 Å². The Kier molecular flexibility index (Phi) is 2.84. The molecule has 0 spiro atoms. The molecular weight excluding hydrogens is 302 g/mol. The molecule has 1 heterocycles.